The van der Waals surface area contributed by atoms with Gasteiger partial charge in [-0.05, 0) is 54.0 Å². The lowest BCUT2D eigenvalue weighted by Crippen LogP contribution is -2.09. The molecule has 1 unspecified atom stereocenters. The van der Waals surface area contributed by atoms with Crippen LogP contribution < -0.4 is 4.74 Å². The van der Waals surface area contributed by atoms with Crippen LogP contribution in [0, 0.1) is 0 Å². The average Bonchev–Trinajstić information content (AvgIpc) is 2.78. The molecule has 3 rings (SSSR count). The second-order valence-electron chi connectivity index (χ2n) is 6.52. The van der Waals surface area contributed by atoms with Gasteiger partial charge in [-0.1, -0.05) is 61.2 Å². The minimum Gasteiger partial charge on any atom is -0.485 e. The topological polar surface area (TPSA) is 52.6 Å². The Bertz CT molecular complexity index is 974. The number of carbonyl (C=O) groups excluding carboxylic acids is 2. The van der Waals surface area contributed by atoms with Crippen LogP contribution in [0.4, 0.5) is 0 Å². The first-order chi connectivity index (χ1) is 14.1. The lowest BCUT2D eigenvalue weighted by atomic mass is 10.0. The van der Waals surface area contributed by atoms with Crippen molar-refractivity contribution in [3.8, 4) is 16.9 Å². The Morgan fingerprint density at radius 2 is 1.48 bits per heavy atom. The van der Waals surface area contributed by atoms with E-state index in [2.05, 4.69) is 6.58 Å². The molecule has 4 heteroatoms. The van der Waals surface area contributed by atoms with Crippen molar-refractivity contribution in [2.24, 2.45) is 0 Å². The molecule has 0 aliphatic rings. The summed E-state index contributed by atoms with van der Waals surface area (Å²) in [7, 11) is 0. The monoisotopic (exact) mass is 386 g/mol. The van der Waals surface area contributed by atoms with Crippen molar-refractivity contribution in [1.29, 1.82) is 0 Å². The molecule has 3 aromatic rings. The van der Waals surface area contributed by atoms with Gasteiger partial charge in [0.15, 0.2) is 12.4 Å². The van der Waals surface area contributed by atoms with Gasteiger partial charge in [-0.3, -0.25) is 4.79 Å². The first kappa shape index (κ1) is 20.1. The van der Waals surface area contributed by atoms with Crippen molar-refractivity contribution in [3.05, 3.63) is 103 Å². The van der Waals surface area contributed by atoms with Crippen molar-refractivity contribution >= 4 is 11.8 Å². The van der Waals surface area contributed by atoms with E-state index in [-0.39, 0.29) is 24.5 Å². The Morgan fingerprint density at radius 1 is 0.897 bits per heavy atom. The Hall–Kier alpha value is -3.66. The third-order valence-corrected chi connectivity index (χ3v) is 4.47. The molecule has 0 bridgehead atoms. The molecule has 0 radical (unpaired) electrons. The number of esters is 1. The molecular formula is C25H22O4. The van der Waals surface area contributed by atoms with Crippen LogP contribution in [0.25, 0.3) is 11.1 Å². The number of hydrogen-bond donors (Lipinski definition) is 0. The number of ketones is 1. The molecule has 0 saturated carbocycles. The van der Waals surface area contributed by atoms with Crippen LogP contribution in [0.2, 0.25) is 0 Å². The van der Waals surface area contributed by atoms with Crippen LogP contribution in [-0.2, 0) is 9.53 Å². The summed E-state index contributed by atoms with van der Waals surface area (Å²) in [6.45, 7) is 5.24. The number of hydrogen-bond acceptors (Lipinski definition) is 4. The minimum absolute atomic E-state index is 0.0267. The highest BCUT2D eigenvalue weighted by Crippen LogP contribution is 2.24. The van der Waals surface area contributed by atoms with Crippen LogP contribution >= 0.6 is 0 Å². The molecule has 146 valence electrons. The maximum absolute atomic E-state index is 12.4. The zero-order valence-corrected chi connectivity index (χ0v) is 16.2. The predicted octanol–water partition coefficient (Wildman–Crippen LogP) is 5.41. The van der Waals surface area contributed by atoms with E-state index in [0.29, 0.717) is 11.3 Å². The second kappa shape index (κ2) is 9.51. The summed E-state index contributed by atoms with van der Waals surface area (Å²) >= 11 is 0. The van der Waals surface area contributed by atoms with Crippen LogP contribution in [0.15, 0.2) is 91.5 Å². The molecule has 0 aliphatic heterocycles. The van der Waals surface area contributed by atoms with Crippen molar-refractivity contribution in [1.82, 2.24) is 0 Å². The van der Waals surface area contributed by atoms with E-state index in [9.17, 15) is 9.59 Å². The molecule has 1 atom stereocenters. The molecule has 0 saturated heterocycles. The van der Waals surface area contributed by atoms with Crippen LogP contribution in [0.5, 0.6) is 5.75 Å². The van der Waals surface area contributed by atoms with Crippen molar-refractivity contribution in [2.45, 2.75) is 13.0 Å². The largest absolute Gasteiger partial charge is 0.485 e. The Balaban J connectivity index is 1.63. The van der Waals surface area contributed by atoms with E-state index in [1.807, 2.05) is 61.5 Å². The number of ether oxygens (including phenoxy) is 2. The molecule has 29 heavy (non-hydrogen) atoms. The fourth-order valence-corrected chi connectivity index (χ4v) is 2.78. The maximum Gasteiger partial charge on any atom is 0.338 e. The van der Waals surface area contributed by atoms with Crippen molar-refractivity contribution in [2.75, 3.05) is 6.61 Å². The lowest BCUT2D eigenvalue weighted by Gasteiger charge is -2.13. The van der Waals surface area contributed by atoms with E-state index in [4.69, 9.17) is 9.47 Å². The third-order valence-electron chi connectivity index (χ3n) is 4.47. The highest BCUT2D eigenvalue weighted by Gasteiger charge is 2.13. The van der Waals surface area contributed by atoms with E-state index in [1.54, 1.807) is 24.3 Å². The van der Waals surface area contributed by atoms with Gasteiger partial charge in [-0.15, -0.1) is 0 Å². The molecule has 0 aromatic heterocycles. The first-order valence-corrected chi connectivity index (χ1v) is 9.31. The van der Waals surface area contributed by atoms with Gasteiger partial charge in [-0.2, -0.15) is 0 Å². The zero-order valence-electron chi connectivity index (χ0n) is 16.2. The Morgan fingerprint density at radius 3 is 2.07 bits per heavy atom. The van der Waals surface area contributed by atoms with Crippen molar-refractivity contribution < 1.29 is 19.1 Å². The highest BCUT2D eigenvalue weighted by molar-refractivity contribution is 5.90. The molecule has 0 aliphatic carbocycles. The predicted molar refractivity (Wildman–Crippen MR) is 113 cm³/mol. The average molecular weight is 386 g/mol. The van der Waals surface area contributed by atoms with Gasteiger partial charge in [0.1, 0.15) is 11.9 Å². The fourth-order valence-electron chi connectivity index (χ4n) is 2.78. The van der Waals surface area contributed by atoms with Gasteiger partial charge in [0.25, 0.3) is 0 Å². The molecule has 0 fully saturated rings. The van der Waals surface area contributed by atoms with E-state index in [1.165, 1.54) is 6.08 Å². The third kappa shape index (κ3) is 5.42. The summed E-state index contributed by atoms with van der Waals surface area (Å²) in [5.74, 6) is 0.0840. The quantitative estimate of drug-likeness (QED) is 0.384. The normalized spacial score (nSPS) is 11.3. The fraction of sp³-hybridized carbons (Fsp3) is 0.120. The Kier molecular flexibility index (Phi) is 6.59. The SMILES string of the molecule is C=CC(=O)COc1ccc(-c2ccc(C(=O)OC(C)c3ccccc3)cc2)cc1. The smallest absolute Gasteiger partial charge is 0.338 e. The second-order valence-corrected chi connectivity index (χ2v) is 6.52. The standard InChI is InChI=1S/C25H22O4/c1-3-23(26)17-28-24-15-13-21(14-16-24)20-9-11-22(12-10-20)25(27)29-18(2)19-7-5-4-6-8-19/h3-16,18H,1,17H2,2H3. The summed E-state index contributed by atoms with van der Waals surface area (Å²) in [5, 5.41) is 0. The molecule has 0 heterocycles. The van der Waals surface area contributed by atoms with Gasteiger partial charge in [0, 0.05) is 0 Å². The molecule has 4 nitrogen and oxygen atoms in total. The van der Waals surface area contributed by atoms with E-state index in [0.717, 1.165) is 16.7 Å². The van der Waals surface area contributed by atoms with Crippen LogP contribution in [-0.4, -0.2) is 18.4 Å². The molecule has 0 N–H and O–H groups in total. The van der Waals surface area contributed by atoms with E-state index >= 15 is 0 Å². The van der Waals surface area contributed by atoms with Gasteiger partial charge in [0.05, 0.1) is 5.56 Å². The number of rotatable bonds is 8. The number of carbonyl (C=O) groups is 2. The summed E-state index contributed by atoms with van der Waals surface area (Å²) in [5.41, 5.74) is 3.39. The summed E-state index contributed by atoms with van der Waals surface area (Å²) in [6, 6.07) is 24.3. The molecule has 0 amide bonds. The molecular weight excluding hydrogens is 364 g/mol. The van der Waals surface area contributed by atoms with Crippen LogP contribution in [0.1, 0.15) is 28.9 Å². The van der Waals surface area contributed by atoms with Crippen LogP contribution in [0.3, 0.4) is 0 Å². The van der Waals surface area contributed by atoms with Gasteiger partial charge in [0.2, 0.25) is 0 Å². The molecule has 0 spiro atoms. The molecule has 3 aromatic carbocycles. The minimum atomic E-state index is -0.358. The van der Waals surface area contributed by atoms with Gasteiger partial charge < -0.3 is 9.47 Å². The van der Waals surface area contributed by atoms with E-state index < -0.39 is 0 Å². The first-order valence-electron chi connectivity index (χ1n) is 9.31. The zero-order chi connectivity index (χ0) is 20.6. The van der Waals surface area contributed by atoms with Gasteiger partial charge >= 0.3 is 5.97 Å². The lowest BCUT2D eigenvalue weighted by molar-refractivity contribution is -0.116. The summed E-state index contributed by atoms with van der Waals surface area (Å²) in [4.78, 5) is 23.6. The maximum atomic E-state index is 12.4. The van der Waals surface area contributed by atoms with Gasteiger partial charge in [-0.25, -0.2) is 4.79 Å². The number of benzene rings is 3. The summed E-state index contributed by atoms with van der Waals surface area (Å²) in [6.07, 6.45) is 0.922. The summed E-state index contributed by atoms with van der Waals surface area (Å²) < 4.78 is 10.9. The highest BCUT2D eigenvalue weighted by atomic mass is 16.5. The van der Waals surface area contributed by atoms with Crippen molar-refractivity contribution in [3.63, 3.8) is 0 Å². The Labute approximate surface area is 170 Å².